The summed E-state index contributed by atoms with van der Waals surface area (Å²) >= 11 is 5.86. The number of anilines is 2. The highest BCUT2D eigenvalue weighted by atomic mass is 35.5. The average molecular weight is 407 g/mol. The number of pyridine rings is 2. The molecule has 3 heterocycles. The van der Waals surface area contributed by atoms with E-state index in [1.807, 2.05) is 24.3 Å². The zero-order valence-corrected chi connectivity index (χ0v) is 16.6. The van der Waals surface area contributed by atoms with Gasteiger partial charge in [0.1, 0.15) is 11.0 Å². The number of carbonyl (C=O) groups is 2. The molecule has 0 radical (unpaired) electrons. The summed E-state index contributed by atoms with van der Waals surface area (Å²) in [4.78, 5) is 34.7. The molecule has 0 fully saturated rings. The van der Waals surface area contributed by atoms with Crippen LogP contribution in [-0.4, -0.2) is 28.8 Å². The summed E-state index contributed by atoms with van der Waals surface area (Å²) in [5.41, 5.74) is 4.62. The topological polar surface area (TPSA) is 75.2 Å². The van der Waals surface area contributed by atoms with Crippen molar-refractivity contribution < 1.29 is 9.59 Å². The fourth-order valence-corrected chi connectivity index (χ4v) is 3.70. The van der Waals surface area contributed by atoms with Gasteiger partial charge in [0.05, 0.1) is 12.1 Å². The van der Waals surface area contributed by atoms with Gasteiger partial charge < -0.3 is 10.2 Å². The SMILES string of the molecule is CN1C(=O)CCc2cccc(-c3cncc(CC(=O)Nc4cccc(Cl)n4)c3)c21. The number of hydrogen-bond donors (Lipinski definition) is 1. The first-order valence-electron chi connectivity index (χ1n) is 9.26. The Labute approximate surface area is 173 Å². The quantitative estimate of drug-likeness (QED) is 0.667. The van der Waals surface area contributed by atoms with Gasteiger partial charge >= 0.3 is 0 Å². The van der Waals surface area contributed by atoms with Gasteiger partial charge in [0, 0.05) is 37.0 Å². The molecule has 0 saturated heterocycles. The number of nitrogens with one attached hydrogen (secondary N) is 1. The van der Waals surface area contributed by atoms with Gasteiger partial charge in [0.15, 0.2) is 0 Å². The number of aromatic nitrogens is 2. The first kappa shape index (κ1) is 19.1. The minimum Gasteiger partial charge on any atom is -0.315 e. The summed E-state index contributed by atoms with van der Waals surface area (Å²) in [6, 6.07) is 13.0. The highest BCUT2D eigenvalue weighted by Crippen LogP contribution is 2.37. The third-order valence-electron chi connectivity index (χ3n) is 4.89. The molecule has 2 amide bonds. The lowest BCUT2D eigenvalue weighted by molar-refractivity contribution is -0.118. The second-order valence-electron chi connectivity index (χ2n) is 6.92. The van der Waals surface area contributed by atoms with E-state index in [1.165, 1.54) is 0 Å². The highest BCUT2D eigenvalue weighted by Gasteiger charge is 2.24. The fourth-order valence-electron chi connectivity index (χ4n) is 3.54. The second-order valence-corrected chi connectivity index (χ2v) is 7.31. The Hall–Kier alpha value is -3.25. The lowest BCUT2D eigenvalue weighted by atomic mass is 9.94. The number of benzene rings is 1. The third-order valence-corrected chi connectivity index (χ3v) is 5.10. The molecule has 1 aliphatic rings. The lowest BCUT2D eigenvalue weighted by Gasteiger charge is -2.28. The molecule has 1 aromatic carbocycles. The van der Waals surface area contributed by atoms with Crippen molar-refractivity contribution in [2.45, 2.75) is 19.3 Å². The number of halogens is 1. The Morgan fingerprint density at radius 2 is 2.00 bits per heavy atom. The number of fused-ring (bicyclic) bond motifs is 1. The number of rotatable bonds is 4. The standard InChI is InChI=1S/C22H19ClN4O2/c1-27-21(29)9-8-15-4-2-5-17(22(15)27)16-10-14(12-24-13-16)11-20(28)26-19-7-3-6-18(23)25-19/h2-7,10,12-13H,8-9,11H2,1H3,(H,25,26,28). The molecule has 0 spiro atoms. The number of amides is 2. The van der Waals surface area contributed by atoms with Crippen molar-refractivity contribution in [3.05, 3.63) is 71.1 Å². The van der Waals surface area contributed by atoms with Gasteiger partial charge in [-0.25, -0.2) is 4.98 Å². The molecule has 0 atom stereocenters. The van der Waals surface area contributed by atoms with Gasteiger partial charge in [-0.3, -0.25) is 14.6 Å². The third kappa shape index (κ3) is 4.12. The van der Waals surface area contributed by atoms with Gasteiger partial charge in [0.25, 0.3) is 0 Å². The second kappa shape index (κ2) is 8.01. The first-order chi connectivity index (χ1) is 14.0. The summed E-state index contributed by atoms with van der Waals surface area (Å²) in [5, 5.41) is 3.06. The molecule has 1 aliphatic heterocycles. The molecule has 4 rings (SSSR count). The molecular formula is C22H19ClN4O2. The normalized spacial score (nSPS) is 13.2. The summed E-state index contributed by atoms with van der Waals surface area (Å²) in [5.74, 6) is 0.299. The Morgan fingerprint density at radius 3 is 2.83 bits per heavy atom. The van der Waals surface area contributed by atoms with E-state index in [2.05, 4.69) is 15.3 Å². The summed E-state index contributed by atoms with van der Waals surface area (Å²) in [6.45, 7) is 0. The summed E-state index contributed by atoms with van der Waals surface area (Å²) in [7, 11) is 1.80. The van der Waals surface area contributed by atoms with Crippen molar-refractivity contribution in [2.75, 3.05) is 17.3 Å². The van der Waals surface area contributed by atoms with Crippen LogP contribution in [0.15, 0.2) is 54.9 Å². The van der Waals surface area contributed by atoms with Crippen LogP contribution in [0.3, 0.4) is 0 Å². The van der Waals surface area contributed by atoms with Gasteiger partial charge in [-0.15, -0.1) is 0 Å². The van der Waals surface area contributed by atoms with Gasteiger partial charge in [-0.2, -0.15) is 0 Å². The molecule has 2 aromatic heterocycles. The molecule has 6 nitrogen and oxygen atoms in total. The minimum absolute atomic E-state index is 0.0995. The predicted octanol–water partition coefficient (Wildman–Crippen LogP) is 3.89. The highest BCUT2D eigenvalue weighted by molar-refractivity contribution is 6.29. The van der Waals surface area contributed by atoms with Crippen LogP contribution in [0.4, 0.5) is 11.5 Å². The number of hydrogen-bond acceptors (Lipinski definition) is 4. The first-order valence-corrected chi connectivity index (χ1v) is 9.64. The van der Waals surface area contributed by atoms with Crippen LogP contribution >= 0.6 is 11.6 Å². The van der Waals surface area contributed by atoms with Crippen molar-refractivity contribution in [3.8, 4) is 11.1 Å². The molecular weight excluding hydrogens is 388 g/mol. The number of nitrogens with zero attached hydrogens (tertiary/aromatic N) is 3. The monoisotopic (exact) mass is 406 g/mol. The summed E-state index contributed by atoms with van der Waals surface area (Å²) < 4.78 is 0. The Kier molecular flexibility index (Phi) is 5.27. The van der Waals surface area contributed by atoms with E-state index < -0.39 is 0 Å². The van der Waals surface area contributed by atoms with Gasteiger partial charge in [-0.1, -0.05) is 35.9 Å². The van der Waals surface area contributed by atoms with Crippen LogP contribution in [0.2, 0.25) is 5.15 Å². The van der Waals surface area contributed by atoms with Crippen molar-refractivity contribution in [1.29, 1.82) is 0 Å². The molecule has 0 saturated carbocycles. The molecule has 0 unspecified atom stereocenters. The van der Waals surface area contributed by atoms with Crippen molar-refractivity contribution in [2.24, 2.45) is 0 Å². The molecule has 3 aromatic rings. The molecule has 1 N–H and O–H groups in total. The smallest absolute Gasteiger partial charge is 0.230 e. The number of carbonyl (C=O) groups excluding carboxylic acids is 2. The Morgan fingerprint density at radius 1 is 1.17 bits per heavy atom. The lowest BCUT2D eigenvalue weighted by Crippen LogP contribution is -2.31. The number of para-hydroxylation sites is 1. The maximum absolute atomic E-state index is 12.4. The predicted molar refractivity (Wildman–Crippen MR) is 113 cm³/mol. The maximum Gasteiger partial charge on any atom is 0.230 e. The van der Waals surface area contributed by atoms with Crippen LogP contribution in [-0.2, 0) is 22.4 Å². The van der Waals surface area contributed by atoms with Crippen molar-refractivity contribution in [3.63, 3.8) is 0 Å². The minimum atomic E-state index is -0.207. The maximum atomic E-state index is 12.4. The van der Waals surface area contributed by atoms with Gasteiger partial charge in [0.2, 0.25) is 11.8 Å². The molecule has 0 aliphatic carbocycles. The fraction of sp³-hybridized carbons (Fsp3) is 0.182. The zero-order valence-electron chi connectivity index (χ0n) is 15.9. The van der Waals surface area contributed by atoms with E-state index >= 15 is 0 Å². The number of aryl methyl sites for hydroxylation is 1. The van der Waals surface area contributed by atoms with E-state index in [0.29, 0.717) is 17.4 Å². The average Bonchev–Trinajstić information content (AvgIpc) is 2.70. The molecule has 29 heavy (non-hydrogen) atoms. The zero-order chi connectivity index (χ0) is 20.4. The summed E-state index contributed by atoms with van der Waals surface area (Å²) in [6.07, 6.45) is 4.82. The van der Waals surface area contributed by atoms with E-state index in [1.54, 1.807) is 42.5 Å². The largest absolute Gasteiger partial charge is 0.315 e. The molecule has 0 bridgehead atoms. The van der Waals surface area contributed by atoms with Crippen LogP contribution in [0.25, 0.3) is 11.1 Å². The molecule has 7 heteroatoms. The van der Waals surface area contributed by atoms with Crippen LogP contribution in [0.5, 0.6) is 0 Å². The Balaban J connectivity index is 1.59. The van der Waals surface area contributed by atoms with Crippen molar-refractivity contribution in [1.82, 2.24) is 9.97 Å². The van der Waals surface area contributed by atoms with E-state index in [0.717, 1.165) is 34.4 Å². The van der Waals surface area contributed by atoms with E-state index in [-0.39, 0.29) is 18.2 Å². The van der Waals surface area contributed by atoms with Crippen LogP contribution in [0.1, 0.15) is 17.5 Å². The van der Waals surface area contributed by atoms with E-state index in [9.17, 15) is 9.59 Å². The van der Waals surface area contributed by atoms with Crippen LogP contribution in [0, 0.1) is 0 Å². The Bertz CT molecular complexity index is 1100. The van der Waals surface area contributed by atoms with Crippen LogP contribution < -0.4 is 10.2 Å². The molecule has 146 valence electrons. The van der Waals surface area contributed by atoms with Gasteiger partial charge in [-0.05, 0) is 35.7 Å². The van der Waals surface area contributed by atoms with Crippen molar-refractivity contribution >= 4 is 34.9 Å². The van der Waals surface area contributed by atoms with E-state index in [4.69, 9.17) is 11.6 Å².